The number of aromatic nitrogens is 4. The summed E-state index contributed by atoms with van der Waals surface area (Å²) in [4.78, 5) is 22.6. The largest absolute Gasteiger partial charge is 0.348 e. The van der Waals surface area contributed by atoms with E-state index in [-0.39, 0.29) is 11.9 Å². The molecule has 1 aliphatic rings. The zero-order valence-corrected chi connectivity index (χ0v) is 14.2. The normalized spacial score (nSPS) is 16.4. The van der Waals surface area contributed by atoms with Crippen molar-refractivity contribution in [3.05, 3.63) is 47.5 Å². The smallest absolute Gasteiger partial charge is 0.269 e. The van der Waals surface area contributed by atoms with E-state index >= 15 is 0 Å². The highest BCUT2D eigenvalue weighted by molar-refractivity contribution is 5.93. The molecule has 3 N–H and O–H groups in total. The van der Waals surface area contributed by atoms with E-state index in [0.29, 0.717) is 5.69 Å². The first-order chi connectivity index (χ1) is 12.2. The second-order valence-electron chi connectivity index (χ2n) is 6.65. The molecule has 1 aliphatic heterocycles. The number of aromatic amines is 2. The van der Waals surface area contributed by atoms with Crippen molar-refractivity contribution in [2.24, 2.45) is 0 Å². The minimum absolute atomic E-state index is 0.0641. The number of hydrogen-bond acceptors (Lipinski definition) is 4. The summed E-state index contributed by atoms with van der Waals surface area (Å²) in [6.45, 7) is 4.59. The maximum absolute atomic E-state index is 12.3. The van der Waals surface area contributed by atoms with Gasteiger partial charge in [0, 0.05) is 19.1 Å². The van der Waals surface area contributed by atoms with Gasteiger partial charge in [-0.05, 0) is 37.5 Å². The molecular formula is C18H22N6O. The molecule has 0 saturated carbocycles. The number of nitrogens with zero attached hydrogens (tertiary/aromatic N) is 3. The van der Waals surface area contributed by atoms with Crippen molar-refractivity contribution in [1.82, 2.24) is 30.4 Å². The Labute approximate surface area is 145 Å². The fourth-order valence-electron chi connectivity index (χ4n) is 3.36. The quantitative estimate of drug-likeness (QED) is 0.679. The maximum atomic E-state index is 12.3. The molecule has 3 heterocycles. The summed E-state index contributed by atoms with van der Waals surface area (Å²) < 4.78 is 0. The van der Waals surface area contributed by atoms with Crippen LogP contribution in [-0.2, 0) is 6.54 Å². The average molecular weight is 338 g/mol. The van der Waals surface area contributed by atoms with Crippen LogP contribution in [0.25, 0.3) is 11.0 Å². The summed E-state index contributed by atoms with van der Waals surface area (Å²) in [6.07, 6.45) is 3.56. The van der Waals surface area contributed by atoms with E-state index in [0.717, 1.165) is 54.9 Å². The molecule has 1 saturated heterocycles. The van der Waals surface area contributed by atoms with Gasteiger partial charge >= 0.3 is 0 Å². The van der Waals surface area contributed by atoms with Gasteiger partial charge in [0.1, 0.15) is 11.5 Å². The fourth-order valence-corrected chi connectivity index (χ4v) is 3.36. The number of H-pyrrole nitrogens is 2. The first-order valence-electron chi connectivity index (χ1n) is 8.66. The third kappa shape index (κ3) is 3.41. The Bertz CT molecular complexity index is 841. The Hall–Kier alpha value is -2.67. The lowest BCUT2D eigenvalue weighted by Crippen LogP contribution is -2.44. The Morgan fingerprint density at radius 1 is 1.32 bits per heavy atom. The van der Waals surface area contributed by atoms with Gasteiger partial charge < -0.3 is 10.3 Å². The van der Waals surface area contributed by atoms with E-state index < -0.39 is 0 Å². The lowest BCUT2D eigenvalue weighted by molar-refractivity contribution is 0.0902. The number of imidazole rings is 1. The predicted octanol–water partition coefficient (Wildman–Crippen LogP) is 1.99. The van der Waals surface area contributed by atoms with E-state index in [2.05, 4.69) is 30.4 Å². The third-order valence-electron chi connectivity index (χ3n) is 4.79. The highest BCUT2D eigenvalue weighted by Gasteiger charge is 2.23. The monoisotopic (exact) mass is 338 g/mol. The minimum atomic E-state index is -0.0641. The Morgan fingerprint density at radius 2 is 2.12 bits per heavy atom. The molecule has 7 nitrogen and oxygen atoms in total. The Morgan fingerprint density at radius 3 is 2.84 bits per heavy atom. The van der Waals surface area contributed by atoms with Gasteiger partial charge in [0.25, 0.3) is 5.91 Å². The van der Waals surface area contributed by atoms with E-state index in [4.69, 9.17) is 0 Å². The first-order valence-corrected chi connectivity index (χ1v) is 8.66. The number of rotatable bonds is 4. The van der Waals surface area contributed by atoms with Crippen LogP contribution in [0.2, 0.25) is 0 Å². The molecule has 0 spiro atoms. The predicted molar refractivity (Wildman–Crippen MR) is 95.2 cm³/mol. The molecule has 0 atom stereocenters. The van der Waals surface area contributed by atoms with Crippen molar-refractivity contribution in [2.45, 2.75) is 32.4 Å². The van der Waals surface area contributed by atoms with E-state index in [1.54, 1.807) is 6.20 Å². The van der Waals surface area contributed by atoms with Gasteiger partial charge in [-0.15, -0.1) is 0 Å². The van der Waals surface area contributed by atoms with Crippen LogP contribution >= 0.6 is 0 Å². The van der Waals surface area contributed by atoms with Crippen molar-refractivity contribution in [2.75, 3.05) is 13.1 Å². The summed E-state index contributed by atoms with van der Waals surface area (Å²) >= 11 is 0. The molecule has 2 aromatic heterocycles. The molecule has 0 radical (unpaired) electrons. The van der Waals surface area contributed by atoms with Crippen LogP contribution in [0, 0.1) is 6.92 Å². The van der Waals surface area contributed by atoms with Gasteiger partial charge in [-0.25, -0.2) is 4.98 Å². The topological polar surface area (TPSA) is 89.7 Å². The summed E-state index contributed by atoms with van der Waals surface area (Å²) in [7, 11) is 0. The average Bonchev–Trinajstić information content (AvgIpc) is 3.22. The van der Waals surface area contributed by atoms with Crippen LogP contribution in [0.5, 0.6) is 0 Å². The molecule has 7 heteroatoms. The lowest BCUT2D eigenvalue weighted by atomic mass is 10.0. The second-order valence-corrected chi connectivity index (χ2v) is 6.65. The SMILES string of the molecule is Cc1cn[nH]c1C(=O)NC1CCN(Cc2nc3ccccc3[nH]2)CC1. The standard InChI is InChI=1S/C18H22N6O/c1-12-10-19-23-17(12)18(25)20-13-6-8-24(9-7-13)11-16-21-14-4-2-3-5-15(14)22-16/h2-5,10,13H,6-9,11H2,1H3,(H,19,23)(H,20,25)(H,21,22). The number of nitrogens with one attached hydrogen (secondary N) is 3. The van der Waals surface area contributed by atoms with E-state index in [9.17, 15) is 4.79 Å². The number of likely N-dealkylation sites (tertiary alicyclic amines) is 1. The molecule has 4 rings (SSSR count). The molecule has 0 bridgehead atoms. The second kappa shape index (κ2) is 6.68. The zero-order chi connectivity index (χ0) is 17.2. The van der Waals surface area contributed by atoms with Crippen molar-refractivity contribution in [3.8, 4) is 0 Å². The molecule has 25 heavy (non-hydrogen) atoms. The van der Waals surface area contributed by atoms with Crippen LogP contribution in [0.1, 0.15) is 34.7 Å². The molecule has 1 fully saturated rings. The van der Waals surface area contributed by atoms with Gasteiger partial charge in [0.2, 0.25) is 0 Å². The molecule has 3 aromatic rings. The van der Waals surface area contributed by atoms with Crippen LogP contribution in [0.15, 0.2) is 30.5 Å². The van der Waals surface area contributed by atoms with Crippen LogP contribution in [-0.4, -0.2) is 50.1 Å². The zero-order valence-electron chi connectivity index (χ0n) is 14.2. The first kappa shape index (κ1) is 15.8. The lowest BCUT2D eigenvalue weighted by Gasteiger charge is -2.31. The van der Waals surface area contributed by atoms with Gasteiger partial charge in [-0.2, -0.15) is 5.10 Å². The Kier molecular flexibility index (Phi) is 4.23. The van der Waals surface area contributed by atoms with E-state index in [1.807, 2.05) is 31.2 Å². The number of aryl methyl sites for hydroxylation is 1. The van der Waals surface area contributed by atoms with Crippen LogP contribution in [0.3, 0.4) is 0 Å². The number of amides is 1. The van der Waals surface area contributed by atoms with Gasteiger partial charge in [-0.3, -0.25) is 14.8 Å². The van der Waals surface area contributed by atoms with Crippen molar-refractivity contribution in [3.63, 3.8) is 0 Å². The molecule has 0 aliphatic carbocycles. The molecule has 130 valence electrons. The van der Waals surface area contributed by atoms with Crippen molar-refractivity contribution in [1.29, 1.82) is 0 Å². The molecule has 1 amide bonds. The molecular weight excluding hydrogens is 316 g/mol. The highest BCUT2D eigenvalue weighted by atomic mass is 16.2. The number of benzene rings is 1. The number of para-hydroxylation sites is 2. The van der Waals surface area contributed by atoms with Crippen LogP contribution in [0.4, 0.5) is 0 Å². The third-order valence-corrected chi connectivity index (χ3v) is 4.79. The van der Waals surface area contributed by atoms with Crippen LogP contribution < -0.4 is 5.32 Å². The number of fused-ring (bicyclic) bond motifs is 1. The van der Waals surface area contributed by atoms with Gasteiger partial charge in [-0.1, -0.05) is 12.1 Å². The summed E-state index contributed by atoms with van der Waals surface area (Å²) in [5.41, 5.74) is 3.52. The summed E-state index contributed by atoms with van der Waals surface area (Å²) in [5, 5.41) is 9.78. The minimum Gasteiger partial charge on any atom is -0.348 e. The number of carbonyl (C=O) groups is 1. The number of carbonyl (C=O) groups excluding carboxylic acids is 1. The Balaban J connectivity index is 1.31. The summed E-state index contributed by atoms with van der Waals surface area (Å²) in [5.74, 6) is 0.933. The van der Waals surface area contributed by atoms with Crippen molar-refractivity contribution >= 4 is 16.9 Å². The molecule has 0 unspecified atom stereocenters. The summed E-state index contributed by atoms with van der Waals surface area (Å²) in [6, 6.07) is 8.30. The number of hydrogen-bond donors (Lipinski definition) is 3. The maximum Gasteiger partial charge on any atom is 0.269 e. The van der Waals surface area contributed by atoms with Crippen molar-refractivity contribution < 1.29 is 4.79 Å². The fraction of sp³-hybridized carbons (Fsp3) is 0.389. The van der Waals surface area contributed by atoms with Gasteiger partial charge in [0.15, 0.2) is 0 Å². The van der Waals surface area contributed by atoms with E-state index in [1.165, 1.54) is 0 Å². The van der Waals surface area contributed by atoms with Gasteiger partial charge in [0.05, 0.1) is 23.8 Å². The number of piperidine rings is 1. The molecule has 1 aromatic carbocycles. The highest BCUT2D eigenvalue weighted by Crippen LogP contribution is 2.16.